The fourth-order valence-electron chi connectivity index (χ4n) is 3.39. The molecule has 0 spiro atoms. The summed E-state index contributed by atoms with van der Waals surface area (Å²) in [6.07, 6.45) is 1.21. The van der Waals surface area contributed by atoms with Crippen LogP contribution >= 0.6 is 0 Å². The number of hydrogen-bond donors (Lipinski definition) is 2. The average molecular weight is 322 g/mol. The number of amides is 1. The summed E-state index contributed by atoms with van der Waals surface area (Å²) in [7, 11) is 1.42. The molecule has 2 atom stereocenters. The van der Waals surface area contributed by atoms with Gasteiger partial charge >= 0.3 is 0 Å². The highest BCUT2D eigenvalue weighted by Gasteiger charge is 2.27. The molecule has 1 heterocycles. The first-order valence-corrected chi connectivity index (χ1v) is 7.85. The van der Waals surface area contributed by atoms with Crippen LogP contribution in [0.25, 0.3) is 0 Å². The molecule has 1 aliphatic rings. The summed E-state index contributed by atoms with van der Waals surface area (Å²) in [6.45, 7) is 6.82. The Morgan fingerprint density at radius 1 is 1.39 bits per heavy atom. The second kappa shape index (κ2) is 7.41. The van der Waals surface area contributed by atoms with Crippen LogP contribution in [0.15, 0.2) is 18.2 Å². The summed E-state index contributed by atoms with van der Waals surface area (Å²) in [5.74, 6) is 1.43. The van der Waals surface area contributed by atoms with Crippen molar-refractivity contribution in [3.05, 3.63) is 28.3 Å². The lowest BCUT2D eigenvalue weighted by Gasteiger charge is -2.31. The zero-order valence-electron chi connectivity index (χ0n) is 13.8. The molecule has 7 nitrogen and oxygen atoms in total. The summed E-state index contributed by atoms with van der Waals surface area (Å²) in [5.41, 5.74) is 0.393. The van der Waals surface area contributed by atoms with Gasteiger partial charge in [-0.25, -0.2) is 0 Å². The Hall–Kier alpha value is -2.15. The maximum atomic E-state index is 12.3. The first-order chi connectivity index (χ1) is 10.9. The topological polar surface area (TPSA) is 85.9 Å². The predicted molar refractivity (Wildman–Crippen MR) is 86.8 cm³/mol. The van der Waals surface area contributed by atoms with Crippen LogP contribution < -0.4 is 15.0 Å². The Kier molecular flexibility index (Phi) is 5.54. The van der Waals surface area contributed by atoms with Crippen molar-refractivity contribution in [2.24, 2.45) is 11.8 Å². The monoisotopic (exact) mass is 322 g/mol. The first kappa shape index (κ1) is 17.2. The fraction of sp³-hybridized carbons (Fsp3) is 0.562. The quantitative estimate of drug-likeness (QED) is 0.628. The second-order valence-electron chi connectivity index (χ2n) is 6.47. The highest BCUT2D eigenvalue weighted by molar-refractivity contribution is 5.93. The van der Waals surface area contributed by atoms with Gasteiger partial charge in [0, 0.05) is 17.9 Å². The molecule has 2 N–H and O–H groups in total. The fourth-order valence-corrected chi connectivity index (χ4v) is 3.39. The van der Waals surface area contributed by atoms with Crippen molar-refractivity contribution < 1.29 is 19.4 Å². The number of hydrogen-bond acceptors (Lipinski definition) is 4. The molecule has 0 aliphatic carbocycles. The number of carbonyl (C=O) groups is 1. The van der Waals surface area contributed by atoms with Crippen molar-refractivity contribution in [2.45, 2.75) is 20.3 Å². The van der Waals surface area contributed by atoms with E-state index < -0.39 is 4.92 Å². The first-order valence-electron chi connectivity index (χ1n) is 7.85. The Bertz CT molecular complexity index is 581. The van der Waals surface area contributed by atoms with Crippen LogP contribution in [0, 0.1) is 22.0 Å². The average Bonchev–Trinajstić information content (AvgIpc) is 2.46. The van der Waals surface area contributed by atoms with Gasteiger partial charge in [-0.05, 0) is 12.5 Å². The van der Waals surface area contributed by atoms with Gasteiger partial charge in [-0.2, -0.15) is 0 Å². The van der Waals surface area contributed by atoms with Gasteiger partial charge in [0.15, 0.2) is 6.54 Å². The van der Waals surface area contributed by atoms with E-state index in [4.69, 9.17) is 4.74 Å². The van der Waals surface area contributed by atoms with Crippen LogP contribution in [0.5, 0.6) is 5.75 Å². The van der Waals surface area contributed by atoms with Gasteiger partial charge in [0.05, 0.1) is 36.9 Å². The van der Waals surface area contributed by atoms with Gasteiger partial charge in [-0.15, -0.1) is 0 Å². The van der Waals surface area contributed by atoms with E-state index in [0.29, 0.717) is 29.8 Å². The highest BCUT2D eigenvalue weighted by Crippen LogP contribution is 2.28. The molecule has 23 heavy (non-hydrogen) atoms. The molecule has 0 bridgehead atoms. The molecule has 2 rings (SSSR count). The van der Waals surface area contributed by atoms with Crippen LogP contribution in [0.2, 0.25) is 0 Å². The standard InChI is InChI=1S/C16H23N3O4/c1-11-6-12(2)9-18(8-11)10-16(20)17-14-5-4-13(19(21)22)7-15(14)23-3/h4-5,7,11-12H,6,8-10H2,1-3H3,(H,17,20)/p+1/t11-,12-/m0/s1. The minimum atomic E-state index is -0.491. The van der Waals surface area contributed by atoms with Crippen molar-refractivity contribution >= 4 is 17.3 Å². The number of likely N-dealkylation sites (tertiary alicyclic amines) is 1. The van der Waals surface area contributed by atoms with Crippen LogP contribution in [-0.2, 0) is 4.79 Å². The number of anilines is 1. The van der Waals surface area contributed by atoms with Crippen molar-refractivity contribution in [3.8, 4) is 5.75 Å². The van der Waals surface area contributed by atoms with Gasteiger partial charge in [0.25, 0.3) is 11.6 Å². The molecular weight excluding hydrogens is 298 g/mol. The molecule has 0 saturated carbocycles. The molecule has 0 radical (unpaired) electrons. The molecule has 0 aromatic heterocycles. The van der Waals surface area contributed by atoms with Crippen LogP contribution in [0.3, 0.4) is 0 Å². The lowest BCUT2D eigenvalue weighted by atomic mass is 9.92. The summed E-state index contributed by atoms with van der Waals surface area (Å²) in [4.78, 5) is 23.8. The number of nitrogens with one attached hydrogen (secondary N) is 2. The molecule has 1 aliphatic heterocycles. The molecule has 1 fully saturated rings. The van der Waals surface area contributed by atoms with Gasteiger partial charge < -0.3 is 15.0 Å². The summed E-state index contributed by atoms with van der Waals surface area (Å²) in [6, 6.07) is 4.18. The van der Waals surface area contributed by atoms with Crippen molar-refractivity contribution in [1.82, 2.24) is 0 Å². The zero-order chi connectivity index (χ0) is 17.0. The van der Waals surface area contributed by atoms with E-state index in [1.54, 1.807) is 0 Å². The number of benzene rings is 1. The maximum absolute atomic E-state index is 12.3. The van der Waals surface area contributed by atoms with Gasteiger partial charge in [0.1, 0.15) is 5.75 Å². The third-order valence-corrected chi connectivity index (χ3v) is 4.16. The summed E-state index contributed by atoms with van der Waals surface area (Å²) >= 11 is 0. The number of ether oxygens (including phenoxy) is 1. The minimum absolute atomic E-state index is 0.0656. The van der Waals surface area contributed by atoms with Crippen molar-refractivity contribution in [3.63, 3.8) is 0 Å². The Balaban J connectivity index is 2.01. The van der Waals surface area contributed by atoms with E-state index in [1.807, 2.05) is 0 Å². The Morgan fingerprint density at radius 3 is 2.61 bits per heavy atom. The van der Waals surface area contributed by atoms with Gasteiger partial charge in [-0.1, -0.05) is 13.8 Å². The normalized spacial score (nSPS) is 24.0. The minimum Gasteiger partial charge on any atom is -0.494 e. The van der Waals surface area contributed by atoms with E-state index in [1.165, 1.54) is 36.6 Å². The molecule has 7 heteroatoms. The van der Waals surface area contributed by atoms with E-state index in [2.05, 4.69) is 19.2 Å². The zero-order valence-corrected chi connectivity index (χ0v) is 13.8. The van der Waals surface area contributed by atoms with E-state index >= 15 is 0 Å². The smallest absolute Gasteiger partial charge is 0.279 e. The third-order valence-electron chi connectivity index (χ3n) is 4.16. The highest BCUT2D eigenvalue weighted by atomic mass is 16.6. The van der Waals surface area contributed by atoms with Crippen molar-refractivity contribution in [2.75, 3.05) is 32.1 Å². The lowest BCUT2D eigenvalue weighted by Crippen LogP contribution is -3.15. The number of rotatable bonds is 5. The van der Waals surface area contributed by atoms with E-state index in [-0.39, 0.29) is 11.6 Å². The van der Waals surface area contributed by atoms with Crippen LogP contribution in [0.1, 0.15) is 20.3 Å². The van der Waals surface area contributed by atoms with E-state index in [9.17, 15) is 14.9 Å². The molecule has 1 amide bonds. The molecule has 1 aromatic carbocycles. The molecule has 126 valence electrons. The maximum Gasteiger partial charge on any atom is 0.279 e. The molecule has 1 aromatic rings. The Labute approximate surface area is 135 Å². The number of carbonyl (C=O) groups excluding carboxylic acids is 1. The number of nitro benzene ring substituents is 1. The summed E-state index contributed by atoms with van der Waals surface area (Å²) < 4.78 is 5.14. The third kappa shape index (κ3) is 4.66. The second-order valence-corrected chi connectivity index (χ2v) is 6.47. The Morgan fingerprint density at radius 2 is 2.04 bits per heavy atom. The van der Waals surface area contributed by atoms with Gasteiger partial charge in [0.2, 0.25) is 0 Å². The lowest BCUT2D eigenvalue weighted by molar-refractivity contribution is -0.904. The van der Waals surface area contributed by atoms with Gasteiger partial charge in [-0.3, -0.25) is 14.9 Å². The largest absolute Gasteiger partial charge is 0.494 e. The number of nitrogens with zero attached hydrogens (tertiary/aromatic N) is 1. The number of quaternary nitrogens is 1. The number of non-ortho nitro benzene ring substituents is 1. The number of piperidine rings is 1. The number of methoxy groups -OCH3 is 1. The molecular formula is C16H24N3O4+. The predicted octanol–water partition coefficient (Wildman–Crippen LogP) is 1.10. The molecule has 0 unspecified atom stereocenters. The van der Waals surface area contributed by atoms with Crippen LogP contribution in [0.4, 0.5) is 11.4 Å². The molecule has 1 saturated heterocycles. The SMILES string of the molecule is COc1cc([N+](=O)[O-])ccc1NC(=O)C[NH+]1C[C@@H](C)C[C@H](C)C1. The van der Waals surface area contributed by atoms with Crippen LogP contribution in [-0.4, -0.2) is 37.6 Å². The summed E-state index contributed by atoms with van der Waals surface area (Å²) in [5, 5.41) is 13.6. The van der Waals surface area contributed by atoms with Crippen molar-refractivity contribution in [1.29, 1.82) is 0 Å². The number of nitro groups is 1. The van der Waals surface area contributed by atoms with E-state index in [0.717, 1.165) is 13.1 Å².